The van der Waals surface area contributed by atoms with Crippen LogP contribution in [0.5, 0.6) is 0 Å². The van der Waals surface area contributed by atoms with Crippen LogP contribution in [-0.4, -0.2) is 0 Å². The Balaban J connectivity index is 1.47. The summed E-state index contributed by atoms with van der Waals surface area (Å²) in [6, 6.07) is 31.0. The Morgan fingerprint density at radius 2 is 1.18 bits per heavy atom. The van der Waals surface area contributed by atoms with Crippen molar-refractivity contribution in [2.24, 2.45) is 0 Å². The van der Waals surface area contributed by atoms with Gasteiger partial charge in [-0.15, -0.1) is 0 Å². The number of anilines is 3. The Hall–Kier alpha value is -3.32. The largest absolute Gasteiger partial charge is 0.310 e. The van der Waals surface area contributed by atoms with Gasteiger partial charge in [0.05, 0.1) is 0 Å². The third-order valence-electron chi connectivity index (χ3n) is 7.79. The Kier molecular flexibility index (Phi) is 4.87. The average molecular weight is 430 g/mol. The van der Waals surface area contributed by atoms with Gasteiger partial charge in [0.15, 0.2) is 0 Å². The van der Waals surface area contributed by atoms with Gasteiger partial charge in [0.1, 0.15) is 0 Å². The van der Waals surface area contributed by atoms with E-state index in [0.29, 0.717) is 0 Å². The van der Waals surface area contributed by atoms with Crippen LogP contribution < -0.4 is 4.90 Å². The number of hydrogen-bond donors (Lipinski definition) is 0. The highest BCUT2D eigenvalue weighted by Crippen LogP contribution is 2.55. The number of benzene rings is 4. The zero-order valence-electron chi connectivity index (χ0n) is 19.8. The molecule has 0 N–H and O–H groups in total. The number of rotatable bonds is 4. The zero-order valence-corrected chi connectivity index (χ0v) is 19.8. The van der Waals surface area contributed by atoms with Crippen molar-refractivity contribution in [3.05, 3.63) is 113 Å². The van der Waals surface area contributed by atoms with Crippen LogP contribution in [-0.2, 0) is 0 Å². The summed E-state index contributed by atoms with van der Waals surface area (Å²) in [6.07, 6.45) is 4.14. The van der Waals surface area contributed by atoms with Crippen LogP contribution in [0.1, 0.15) is 58.9 Å². The van der Waals surface area contributed by atoms with Gasteiger partial charge in [0.2, 0.25) is 0 Å². The molecule has 33 heavy (non-hydrogen) atoms. The van der Waals surface area contributed by atoms with E-state index in [1.165, 1.54) is 64.1 Å². The molecule has 0 radical (unpaired) electrons. The summed E-state index contributed by atoms with van der Waals surface area (Å²) in [5, 5.41) is 0. The van der Waals surface area contributed by atoms with E-state index in [9.17, 15) is 0 Å². The van der Waals surface area contributed by atoms with E-state index in [-0.39, 0.29) is 0 Å². The van der Waals surface area contributed by atoms with Crippen molar-refractivity contribution in [1.82, 2.24) is 0 Å². The topological polar surface area (TPSA) is 3.24 Å². The number of hydrogen-bond acceptors (Lipinski definition) is 1. The third-order valence-corrected chi connectivity index (χ3v) is 7.79. The van der Waals surface area contributed by atoms with E-state index >= 15 is 0 Å². The van der Waals surface area contributed by atoms with Crippen LogP contribution >= 0.6 is 0 Å². The number of aryl methyl sites for hydroxylation is 3. The van der Waals surface area contributed by atoms with E-state index < -0.39 is 0 Å². The first-order valence-corrected chi connectivity index (χ1v) is 12.3. The second-order valence-electron chi connectivity index (χ2n) is 9.96. The second-order valence-corrected chi connectivity index (χ2v) is 9.96. The van der Waals surface area contributed by atoms with Crippen LogP contribution in [0.3, 0.4) is 0 Å². The van der Waals surface area contributed by atoms with Gasteiger partial charge in [0.25, 0.3) is 0 Å². The molecular weight excluding hydrogens is 398 g/mol. The SMILES string of the molecule is Cc1cc(N(c2ccccc2)c2ccccc2)cc(C)c1-c1cc(C)c2c(c1)C1CCC2C1. The number of nitrogens with zero attached hydrogens (tertiary/aromatic N) is 1. The van der Waals surface area contributed by atoms with Gasteiger partial charge in [-0.1, -0.05) is 48.5 Å². The fourth-order valence-corrected chi connectivity index (χ4v) is 6.52. The van der Waals surface area contributed by atoms with Gasteiger partial charge >= 0.3 is 0 Å². The van der Waals surface area contributed by atoms with Crippen LogP contribution in [0.25, 0.3) is 11.1 Å². The van der Waals surface area contributed by atoms with Gasteiger partial charge in [-0.05, 0) is 127 Å². The van der Waals surface area contributed by atoms with Crippen LogP contribution in [0.15, 0.2) is 84.9 Å². The Morgan fingerprint density at radius 1 is 0.606 bits per heavy atom. The molecule has 1 nitrogen and oxygen atoms in total. The van der Waals surface area contributed by atoms with E-state index in [0.717, 1.165) is 11.8 Å². The lowest BCUT2D eigenvalue weighted by Crippen LogP contribution is -2.10. The van der Waals surface area contributed by atoms with Crippen LogP contribution in [0.2, 0.25) is 0 Å². The molecule has 0 heterocycles. The lowest BCUT2D eigenvalue weighted by Gasteiger charge is -2.27. The van der Waals surface area contributed by atoms with Crippen molar-refractivity contribution >= 4 is 17.1 Å². The summed E-state index contributed by atoms with van der Waals surface area (Å²) in [4.78, 5) is 2.36. The monoisotopic (exact) mass is 429 g/mol. The van der Waals surface area contributed by atoms with Crippen molar-refractivity contribution in [3.63, 3.8) is 0 Å². The van der Waals surface area contributed by atoms with Gasteiger partial charge < -0.3 is 4.90 Å². The van der Waals surface area contributed by atoms with Crippen molar-refractivity contribution < 1.29 is 0 Å². The molecule has 4 aromatic rings. The van der Waals surface area contributed by atoms with Gasteiger partial charge in [0, 0.05) is 17.1 Å². The maximum absolute atomic E-state index is 2.52. The van der Waals surface area contributed by atoms with Crippen LogP contribution in [0.4, 0.5) is 17.1 Å². The predicted molar refractivity (Wildman–Crippen MR) is 140 cm³/mol. The molecule has 2 aliphatic carbocycles. The molecule has 0 amide bonds. The molecule has 2 unspecified atom stereocenters. The first-order chi connectivity index (χ1) is 16.1. The number of para-hydroxylation sites is 2. The van der Waals surface area contributed by atoms with Crippen molar-refractivity contribution in [1.29, 1.82) is 0 Å². The predicted octanol–water partition coefficient (Wildman–Crippen LogP) is 9.11. The molecule has 6 rings (SSSR count). The Morgan fingerprint density at radius 3 is 1.79 bits per heavy atom. The fraction of sp³-hybridized carbons (Fsp3) is 0.250. The lowest BCUT2D eigenvalue weighted by molar-refractivity contribution is 0.714. The van der Waals surface area contributed by atoms with Crippen LogP contribution in [0, 0.1) is 20.8 Å². The van der Waals surface area contributed by atoms with E-state index in [2.05, 4.69) is 111 Å². The minimum absolute atomic E-state index is 0.787. The lowest BCUT2D eigenvalue weighted by atomic mass is 9.84. The summed E-state index contributed by atoms with van der Waals surface area (Å²) in [6.45, 7) is 6.87. The molecule has 0 spiro atoms. The summed E-state index contributed by atoms with van der Waals surface area (Å²) in [7, 11) is 0. The summed E-state index contributed by atoms with van der Waals surface area (Å²) in [5.74, 6) is 1.60. The molecule has 0 saturated heterocycles. The van der Waals surface area contributed by atoms with Gasteiger partial charge in [-0.2, -0.15) is 0 Å². The van der Waals surface area contributed by atoms with E-state index in [1.54, 1.807) is 11.1 Å². The maximum Gasteiger partial charge on any atom is 0.0467 e. The molecule has 2 bridgehead atoms. The quantitative estimate of drug-likeness (QED) is 0.313. The molecular formula is C32H31N. The minimum atomic E-state index is 0.787. The van der Waals surface area contributed by atoms with Gasteiger partial charge in [-0.3, -0.25) is 0 Å². The number of fused-ring (bicyclic) bond motifs is 5. The standard InChI is InChI=1S/C32H31N/c1-21-16-26(20-30-24-14-15-25(19-24)32(21)30)31-22(2)17-29(18-23(31)3)33(27-10-6-4-7-11-27)28-12-8-5-9-13-28/h4-13,16-18,20,24-25H,14-15,19H2,1-3H3. The van der Waals surface area contributed by atoms with E-state index in [4.69, 9.17) is 0 Å². The van der Waals surface area contributed by atoms with Crippen molar-refractivity contribution in [3.8, 4) is 11.1 Å². The normalized spacial score (nSPS) is 18.4. The minimum Gasteiger partial charge on any atom is -0.310 e. The summed E-state index contributed by atoms with van der Waals surface area (Å²) < 4.78 is 0. The first-order valence-electron chi connectivity index (χ1n) is 12.3. The highest BCUT2D eigenvalue weighted by atomic mass is 15.1. The van der Waals surface area contributed by atoms with Crippen molar-refractivity contribution in [2.45, 2.75) is 51.9 Å². The third kappa shape index (κ3) is 3.38. The smallest absolute Gasteiger partial charge is 0.0467 e. The molecule has 2 aliphatic rings. The van der Waals surface area contributed by atoms with Crippen molar-refractivity contribution in [2.75, 3.05) is 4.90 Å². The molecule has 0 aliphatic heterocycles. The molecule has 1 fully saturated rings. The average Bonchev–Trinajstić information content (AvgIpc) is 3.43. The zero-order chi connectivity index (χ0) is 22.5. The highest BCUT2D eigenvalue weighted by molar-refractivity contribution is 5.82. The second kappa shape index (κ2) is 7.92. The fourth-order valence-electron chi connectivity index (χ4n) is 6.52. The molecule has 1 heteroatoms. The molecule has 1 saturated carbocycles. The Bertz CT molecular complexity index is 1260. The Labute approximate surface area is 197 Å². The highest BCUT2D eigenvalue weighted by Gasteiger charge is 2.38. The van der Waals surface area contributed by atoms with E-state index in [1.807, 2.05) is 0 Å². The molecule has 0 aromatic heterocycles. The molecule has 4 aromatic carbocycles. The first kappa shape index (κ1) is 20.3. The summed E-state index contributed by atoms with van der Waals surface area (Å²) >= 11 is 0. The molecule has 2 atom stereocenters. The van der Waals surface area contributed by atoms with Gasteiger partial charge in [-0.25, -0.2) is 0 Å². The maximum atomic E-state index is 2.52. The summed E-state index contributed by atoms with van der Waals surface area (Å²) in [5.41, 5.74) is 13.8. The molecule has 164 valence electrons.